The summed E-state index contributed by atoms with van der Waals surface area (Å²) < 4.78 is 5.40. The lowest BCUT2D eigenvalue weighted by atomic mass is 10.1. The average molecular weight is 224 g/mol. The minimum atomic E-state index is -0.0985. The molecule has 5 heteroatoms. The van der Waals surface area contributed by atoms with Crippen molar-refractivity contribution in [2.75, 3.05) is 12.5 Å². The molecular weight excluding hydrogens is 204 g/mol. The molecule has 1 aromatic heterocycles. The fraction of sp³-hybridized carbons (Fsp3) is 0.636. The molecule has 1 aromatic rings. The van der Waals surface area contributed by atoms with Gasteiger partial charge in [0.2, 0.25) is 0 Å². The normalized spacial score (nSPS) is 12.9. The summed E-state index contributed by atoms with van der Waals surface area (Å²) in [6.45, 7) is 6.20. The van der Waals surface area contributed by atoms with Crippen molar-refractivity contribution in [3.63, 3.8) is 0 Å². The van der Waals surface area contributed by atoms with Gasteiger partial charge in [0.1, 0.15) is 11.9 Å². The van der Waals surface area contributed by atoms with E-state index in [9.17, 15) is 0 Å². The van der Waals surface area contributed by atoms with Crippen LogP contribution >= 0.6 is 0 Å². The zero-order chi connectivity index (χ0) is 12.1. The first-order valence-electron chi connectivity index (χ1n) is 5.49. The van der Waals surface area contributed by atoms with E-state index in [1.165, 1.54) is 0 Å². The van der Waals surface area contributed by atoms with Gasteiger partial charge in [-0.25, -0.2) is 15.8 Å². The number of aromatic nitrogens is 2. The quantitative estimate of drug-likeness (QED) is 0.588. The summed E-state index contributed by atoms with van der Waals surface area (Å²) in [5.41, 5.74) is 3.51. The van der Waals surface area contributed by atoms with Crippen LogP contribution in [-0.2, 0) is 11.2 Å². The standard InChI is InChI=1S/C11H20N4O/c1-5-8-6-9(15-12)14-11(13-8)10(16-4)7(2)3/h6-7,10H,5,12H2,1-4H3,(H,13,14,15). The number of hydrogen-bond acceptors (Lipinski definition) is 5. The molecule has 0 spiro atoms. The van der Waals surface area contributed by atoms with E-state index >= 15 is 0 Å². The van der Waals surface area contributed by atoms with Crippen molar-refractivity contribution in [2.45, 2.75) is 33.3 Å². The van der Waals surface area contributed by atoms with Gasteiger partial charge in [0.25, 0.3) is 0 Å². The van der Waals surface area contributed by atoms with E-state index in [1.54, 1.807) is 7.11 Å². The Morgan fingerprint density at radius 1 is 1.44 bits per heavy atom. The number of methoxy groups -OCH3 is 1. The number of hydrazine groups is 1. The number of nitrogens with zero attached hydrogens (tertiary/aromatic N) is 2. The van der Waals surface area contributed by atoms with Crippen LogP contribution in [0.25, 0.3) is 0 Å². The number of nitrogens with one attached hydrogen (secondary N) is 1. The van der Waals surface area contributed by atoms with Crippen LogP contribution in [-0.4, -0.2) is 17.1 Å². The van der Waals surface area contributed by atoms with Crippen LogP contribution in [0.3, 0.4) is 0 Å². The number of rotatable bonds is 5. The molecule has 1 unspecified atom stereocenters. The predicted molar refractivity (Wildman–Crippen MR) is 63.8 cm³/mol. The number of nitrogen functional groups attached to an aromatic ring is 1. The highest BCUT2D eigenvalue weighted by Gasteiger charge is 2.19. The first-order valence-corrected chi connectivity index (χ1v) is 5.49. The van der Waals surface area contributed by atoms with Crippen LogP contribution in [0.5, 0.6) is 0 Å². The lowest BCUT2D eigenvalue weighted by Crippen LogP contribution is -2.17. The van der Waals surface area contributed by atoms with E-state index in [2.05, 4.69) is 29.2 Å². The summed E-state index contributed by atoms with van der Waals surface area (Å²) in [5.74, 6) is 7.02. The highest BCUT2D eigenvalue weighted by molar-refractivity contribution is 5.34. The van der Waals surface area contributed by atoms with Gasteiger partial charge in [-0.15, -0.1) is 0 Å². The van der Waals surface area contributed by atoms with Crippen molar-refractivity contribution in [3.8, 4) is 0 Å². The van der Waals surface area contributed by atoms with Gasteiger partial charge < -0.3 is 10.2 Å². The number of hydrogen-bond donors (Lipinski definition) is 2. The fourth-order valence-corrected chi connectivity index (χ4v) is 1.58. The van der Waals surface area contributed by atoms with Gasteiger partial charge in [0.15, 0.2) is 5.82 Å². The van der Waals surface area contributed by atoms with Gasteiger partial charge in [0, 0.05) is 18.9 Å². The summed E-state index contributed by atoms with van der Waals surface area (Å²) in [7, 11) is 1.67. The minimum absolute atomic E-state index is 0.0985. The highest BCUT2D eigenvalue weighted by Crippen LogP contribution is 2.23. The zero-order valence-electron chi connectivity index (χ0n) is 10.3. The SMILES string of the molecule is CCc1cc(NN)nc(C(OC)C(C)C)n1. The molecule has 1 rings (SSSR count). The van der Waals surface area contributed by atoms with Crippen LogP contribution in [0.4, 0.5) is 5.82 Å². The second kappa shape index (κ2) is 5.77. The second-order valence-electron chi connectivity index (χ2n) is 4.00. The van der Waals surface area contributed by atoms with Crippen LogP contribution in [0.15, 0.2) is 6.07 Å². The molecule has 0 fully saturated rings. The van der Waals surface area contributed by atoms with Gasteiger partial charge in [0.05, 0.1) is 0 Å². The Morgan fingerprint density at radius 3 is 2.56 bits per heavy atom. The average Bonchev–Trinajstić information content (AvgIpc) is 2.29. The molecule has 1 atom stereocenters. The monoisotopic (exact) mass is 224 g/mol. The minimum Gasteiger partial charge on any atom is -0.373 e. The van der Waals surface area contributed by atoms with Crippen LogP contribution in [0, 0.1) is 5.92 Å². The summed E-state index contributed by atoms with van der Waals surface area (Å²) in [6, 6.07) is 1.84. The van der Waals surface area contributed by atoms with E-state index in [4.69, 9.17) is 10.6 Å². The Kier molecular flexibility index (Phi) is 4.64. The van der Waals surface area contributed by atoms with E-state index in [1.807, 2.05) is 13.0 Å². The molecule has 0 amide bonds. The lowest BCUT2D eigenvalue weighted by Gasteiger charge is -2.18. The Bertz CT molecular complexity index is 319. The van der Waals surface area contributed by atoms with Crippen LogP contribution < -0.4 is 11.3 Å². The van der Waals surface area contributed by atoms with Crippen LogP contribution in [0.2, 0.25) is 0 Å². The van der Waals surface area contributed by atoms with Gasteiger partial charge in [-0.2, -0.15) is 0 Å². The van der Waals surface area contributed by atoms with Gasteiger partial charge >= 0.3 is 0 Å². The molecule has 0 radical (unpaired) electrons. The number of aryl methyl sites for hydroxylation is 1. The van der Waals surface area contributed by atoms with Crippen molar-refractivity contribution in [2.24, 2.45) is 11.8 Å². The first kappa shape index (κ1) is 12.9. The maximum atomic E-state index is 5.40. The van der Waals surface area contributed by atoms with Crippen molar-refractivity contribution >= 4 is 5.82 Å². The molecule has 0 aliphatic carbocycles. The van der Waals surface area contributed by atoms with Gasteiger partial charge in [-0.1, -0.05) is 20.8 Å². The molecule has 0 aliphatic rings. The molecule has 0 saturated carbocycles. The lowest BCUT2D eigenvalue weighted by molar-refractivity contribution is 0.0574. The smallest absolute Gasteiger partial charge is 0.160 e. The van der Waals surface area contributed by atoms with E-state index < -0.39 is 0 Å². The Morgan fingerprint density at radius 2 is 2.12 bits per heavy atom. The third-order valence-corrected chi connectivity index (χ3v) is 2.42. The van der Waals surface area contributed by atoms with E-state index in [0.717, 1.165) is 12.1 Å². The third kappa shape index (κ3) is 2.90. The maximum absolute atomic E-state index is 5.40. The third-order valence-electron chi connectivity index (χ3n) is 2.42. The highest BCUT2D eigenvalue weighted by atomic mass is 16.5. The van der Waals surface area contributed by atoms with Crippen LogP contribution in [0.1, 0.15) is 38.4 Å². The first-order chi connectivity index (χ1) is 7.62. The molecule has 0 bridgehead atoms. The number of ether oxygens (including phenoxy) is 1. The van der Waals surface area contributed by atoms with Crippen molar-refractivity contribution in [1.29, 1.82) is 0 Å². The largest absolute Gasteiger partial charge is 0.373 e. The number of anilines is 1. The summed E-state index contributed by atoms with van der Waals surface area (Å²) in [6.07, 6.45) is 0.747. The molecule has 1 heterocycles. The molecule has 5 nitrogen and oxygen atoms in total. The second-order valence-corrected chi connectivity index (χ2v) is 4.00. The van der Waals surface area contributed by atoms with Gasteiger partial charge in [-0.05, 0) is 12.3 Å². The maximum Gasteiger partial charge on any atom is 0.160 e. The van der Waals surface area contributed by atoms with E-state index in [-0.39, 0.29) is 6.10 Å². The molecule has 0 saturated heterocycles. The summed E-state index contributed by atoms with van der Waals surface area (Å²) in [5, 5.41) is 0. The molecule has 3 N–H and O–H groups in total. The van der Waals surface area contributed by atoms with Crippen molar-refractivity contribution < 1.29 is 4.74 Å². The molecule has 0 aromatic carbocycles. The number of nitrogens with two attached hydrogens (primary N) is 1. The fourth-order valence-electron chi connectivity index (χ4n) is 1.58. The molecule has 90 valence electrons. The van der Waals surface area contributed by atoms with E-state index in [0.29, 0.717) is 17.6 Å². The Hall–Kier alpha value is -1.20. The Labute approximate surface area is 96.4 Å². The molecule has 16 heavy (non-hydrogen) atoms. The topological polar surface area (TPSA) is 73.1 Å². The predicted octanol–water partition coefficient (Wildman–Crippen LogP) is 1.67. The Balaban J connectivity index is 3.10. The molecular formula is C11H20N4O. The van der Waals surface area contributed by atoms with Crippen molar-refractivity contribution in [1.82, 2.24) is 9.97 Å². The van der Waals surface area contributed by atoms with Gasteiger partial charge in [-0.3, -0.25) is 0 Å². The van der Waals surface area contributed by atoms with Crippen molar-refractivity contribution in [3.05, 3.63) is 17.6 Å². The summed E-state index contributed by atoms with van der Waals surface area (Å²) in [4.78, 5) is 8.78. The molecule has 0 aliphatic heterocycles. The zero-order valence-corrected chi connectivity index (χ0v) is 10.3. The summed E-state index contributed by atoms with van der Waals surface area (Å²) >= 11 is 0.